The number of pyridine rings is 3. The molecule has 0 unspecified atom stereocenters. The molecule has 0 saturated heterocycles. The van der Waals surface area contributed by atoms with E-state index in [1.54, 1.807) is 36.7 Å². The van der Waals surface area contributed by atoms with Gasteiger partial charge in [-0.1, -0.05) is 6.07 Å². The summed E-state index contributed by atoms with van der Waals surface area (Å²) in [6.45, 7) is 0.0786. The summed E-state index contributed by atoms with van der Waals surface area (Å²) in [5.74, 6) is -1.01. The van der Waals surface area contributed by atoms with Gasteiger partial charge in [0.1, 0.15) is 11.5 Å². The average Bonchev–Trinajstić information content (AvgIpc) is 3.43. The predicted octanol–water partition coefficient (Wildman–Crippen LogP) is 4.69. The minimum atomic E-state index is -4.69. The number of amides is 2. The van der Waals surface area contributed by atoms with Gasteiger partial charge in [-0.25, -0.2) is 9.67 Å². The van der Waals surface area contributed by atoms with E-state index in [0.29, 0.717) is 5.56 Å². The molecule has 4 heterocycles. The van der Waals surface area contributed by atoms with Crippen molar-refractivity contribution < 1.29 is 22.8 Å². The zero-order valence-electron chi connectivity index (χ0n) is 20.7. The summed E-state index contributed by atoms with van der Waals surface area (Å²) in [7, 11) is 0. The van der Waals surface area contributed by atoms with Crippen molar-refractivity contribution in [2.75, 3.05) is 4.90 Å². The first-order valence-corrected chi connectivity index (χ1v) is 11.9. The molecule has 0 spiro atoms. The summed E-state index contributed by atoms with van der Waals surface area (Å²) in [5, 5.41) is 4.15. The highest BCUT2D eigenvalue weighted by Gasteiger charge is 2.36. The number of primary amides is 1. The lowest BCUT2D eigenvalue weighted by Gasteiger charge is -2.22. The minimum Gasteiger partial charge on any atom is -0.366 e. The van der Waals surface area contributed by atoms with Crippen molar-refractivity contribution in [1.82, 2.24) is 24.7 Å². The number of benzene rings is 1. The topological polar surface area (TPSA) is 120 Å². The van der Waals surface area contributed by atoms with Crippen LogP contribution in [0.2, 0.25) is 0 Å². The zero-order valence-corrected chi connectivity index (χ0v) is 20.7. The van der Waals surface area contributed by atoms with Crippen molar-refractivity contribution >= 4 is 17.6 Å². The molecule has 9 nitrogen and oxygen atoms in total. The number of anilines is 1. The molecule has 0 fully saturated rings. The van der Waals surface area contributed by atoms with E-state index >= 15 is 0 Å². The molecular weight excluding hydrogens is 523 g/mol. The quantitative estimate of drug-likeness (QED) is 0.318. The van der Waals surface area contributed by atoms with Gasteiger partial charge in [0.15, 0.2) is 0 Å². The molecule has 0 aliphatic heterocycles. The Balaban J connectivity index is 1.53. The Labute approximate surface area is 225 Å². The maximum absolute atomic E-state index is 13.9. The first-order chi connectivity index (χ1) is 19.2. The molecule has 5 aromatic rings. The molecule has 0 aliphatic rings. The highest BCUT2D eigenvalue weighted by molar-refractivity contribution is 6.07. The predicted molar refractivity (Wildman–Crippen MR) is 139 cm³/mol. The van der Waals surface area contributed by atoms with Crippen LogP contribution in [0.25, 0.3) is 16.9 Å². The van der Waals surface area contributed by atoms with Gasteiger partial charge in [0.2, 0.25) is 5.91 Å². The Morgan fingerprint density at radius 1 is 0.875 bits per heavy atom. The van der Waals surface area contributed by atoms with Crippen molar-refractivity contribution in [2.45, 2.75) is 12.7 Å². The fraction of sp³-hybridized carbons (Fsp3) is 0.0714. The van der Waals surface area contributed by atoms with Crippen LogP contribution in [0.5, 0.6) is 0 Å². The van der Waals surface area contributed by atoms with Gasteiger partial charge in [0.05, 0.1) is 24.1 Å². The number of hydrogen-bond donors (Lipinski definition) is 1. The van der Waals surface area contributed by atoms with Crippen molar-refractivity contribution in [3.63, 3.8) is 0 Å². The van der Waals surface area contributed by atoms with Crippen LogP contribution in [0.4, 0.5) is 19.0 Å². The molecule has 0 saturated carbocycles. The zero-order chi connectivity index (χ0) is 28.3. The van der Waals surface area contributed by atoms with Gasteiger partial charge in [0, 0.05) is 41.5 Å². The third kappa shape index (κ3) is 5.55. The Hall–Kier alpha value is -5.39. The number of halogens is 3. The molecule has 2 N–H and O–H groups in total. The van der Waals surface area contributed by atoms with E-state index in [2.05, 4.69) is 20.1 Å². The van der Waals surface area contributed by atoms with Gasteiger partial charge >= 0.3 is 6.18 Å². The summed E-state index contributed by atoms with van der Waals surface area (Å²) >= 11 is 0. The molecular formula is C28H20F3N7O2. The summed E-state index contributed by atoms with van der Waals surface area (Å²) in [5.41, 5.74) is 6.00. The third-order valence-corrected chi connectivity index (χ3v) is 5.94. The van der Waals surface area contributed by atoms with Crippen molar-refractivity contribution in [3.05, 3.63) is 120 Å². The molecule has 1 aromatic carbocycles. The van der Waals surface area contributed by atoms with E-state index in [4.69, 9.17) is 5.73 Å². The standard InChI is InChI=1S/C28H20F3N7O2/c29-28(30,31)24-14-23(21-5-2-10-34-15-21)36-38(24)22-6-7-25(35-16-22)37(17-18-8-11-33-12-9-18)27(40)20-4-1-3-19(13-20)26(32)39/h1-16H,17H2,(H2,32,39). The number of aromatic nitrogens is 5. The lowest BCUT2D eigenvalue weighted by Crippen LogP contribution is -2.31. The van der Waals surface area contributed by atoms with Crippen LogP contribution >= 0.6 is 0 Å². The van der Waals surface area contributed by atoms with Crippen LogP contribution in [-0.2, 0) is 12.7 Å². The first-order valence-electron chi connectivity index (χ1n) is 11.9. The van der Waals surface area contributed by atoms with E-state index in [0.717, 1.165) is 16.3 Å². The minimum absolute atomic E-state index is 0.0400. The molecule has 0 radical (unpaired) electrons. The molecule has 0 atom stereocenters. The van der Waals surface area contributed by atoms with Crippen LogP contribution in [-0.4, -0.2) is 36.5 Å². The largest absolute Gasteiger partial charge is 0.433 e. The second kappa shape index (κ2) is 10.8. The molecule has 2 amide bonds. The number of nitrogens with zero attached hydrogens (tertiary/aromatic N) is 6. The van der Waals surface area contributed by atoms with Gasteiger partial charge in [-0.15, -0.1) is 0 Å². The Morgan fingerprint density at radius 3 is 2.30 bits per heavy atom. The van der Waals surface area contributed by atoms with Gasteiger partial charge < -0.3 is 5.73 Å². The van der Waals surface area contributed by atoms with E-state index in [1.165, 1.54) is 59.9 Å². The van der Waals surface area contributed by atoms with Crippen LogP contribution < -0.4 is 10.6 Å². The molecule has 5 rings (SSSR count). The smallest absolute Gasteiger partial charge is 0.366 e. The summed E-state index contributed by atoms with van der Waals surface area (Å²) in [4.78, 5) is 38.8. The van der Waals surface area contributed by atoms with Gasteiger partial charge in [0.25, 0.3) is 5.91 Å². The average molecular weight is 544 g/mol. The number of nitrogens with two attached hydrogens (primary N) is 1. The van der Waals surface area contributed by atoms with Gasteiger partial charge in [-0.3, -0.25) is 24.5 Å². The number of rotatable bonds is 7. The SMILES string of the molecule is NC(=O)c1cccc(C(=O)N(Cc2ccncc2)c2ccc(-n3nc(-c4cccnc4)cc3C(F)(F)F)cn2)c1. The monoisotopic (exact) mass is 543 g/mol. The first kappa shape index (κ1) is 26.2. The Bertz CT molecular complexity index is 1660. The van der Waals surface area contributed by atoms with Gasteiger partial charge in [-0.05, 0) is 66.2 Å². The van der Waals surface area contributed by atoms with Crippen molar-refractivity contribution in [1.29, 1.82) is 0 Å². The molecule has 200 valence electrons. The van der Waals surface area contributed by atoms with E-state index in [1.807, 2.05) is 0 Å². The van der Waals surface area contributed by atoms with E-state index in [9.17, 15) is 22.8 Å². The Morgan fingerprint density at radius 2 is 1.65 bits per heavy atom. The summed E-state index contributed by atoms with van der Waals surface area (Å²) in [6, 6.07) is 16.3. The van der Waals surface area contributed by atoms with Crippen LogP contribution in [0.1, 0.15) is 32.0 Å². The highest BCUT2D eigenvalue weighted by Crippen LogP contribution is 2.34. The number of carbonyl (C=O) groups is 2. The van der Waals surface area contributed by atoms with Crippen molar-refractivity contribution in [3.8, 4) is 16.9 Å². The summed E-state index contributed by atoms with van der Waals surface area (Å²) in [6.07, 6.45) is 2.58. The fourth-order valence-electron chi connectivity index (χ4n) is 3.99. The number of alkyl halides is 3. The normalized spacial score (nSPS) is 11.3. The Kier molecular flexibility index (Phi) is 7.06. The molecule has 40 heavy (non-hydrogen) atoms. The van der Waals surface area contributed by atoms with Crippen LogP contribution in [0, 0.1) is 0 Å². The van der Waals surface area contributed by atoms with E-state index in [-0.39, 0.29) is 34.9 Å². The maximum Gasteiger partial charge on any atom is 0.433 e. The second-order valence-corrected chi connectivity index (χ2v) is 8.63. The maximum atomic E-state index is 13.9. The number of hydrogen-bond acceptors (Lipinski definition) is 6. The van der Waals surface area contributed by atoms with Crippen molar-refractivity contribution in [2.24, 2.45) is 5.73 Å². The van der Waals surface area contributed by atoms with Crippen LogP contribution in [0.15, 0.2) is 97.7 Å². The fourth-order valence-corrected chi connectivity index (χ4v) is 3.99. The highest BCUT2D eigenvalue weighted by atomic mass is 19.4. The molecule has 12 heteroatoms. The summed E-state index contributed by atoms with van der Waals surface area (Å²) < 4.78 is 42.5. The van der Waals surface area contributed by atoms with Gasteiger partial charge in [-0.2, -0.15) is 18.3 Å². The molecule has 4 aromatic heterocycles. The second-order valence-electron chi connectivity index (χ2n) is 8.63. The number of carbonyl (C=O) groups excluding carboxylic acids is 2. The van der Waals surface area contributed by atoms with Crippen LogP contribution in [0.3, 0.4) is 0 Å². The molecule has 0 aliphatic carbocycles. The lowest BCUT2D eigenvalue weighted by atomic mass is 10.1. The van der Waals surface area contributed by atoms with E-state index < -0.39 is 23.7 Å². The lowest BCUT2D eigenvalue weighted by molar-refractivity contribution is -0.142. The third-order valence-electron chi connectivity index (χ3n) is 5.94. The molecule has 0 bridgehead atoms.